The van der Waals surface area contributed by atoms with Gasteiger partial charge in [0, 0.05) is 27.1 Å². The topological polar surface area (TPSA) is 61.4 Å². The van der Waals surface area contributed by atoms with Crippen molar-refractivity contribution in [3.63, 3.8) is 0 Å². The lowest BCUT2D eigenvalue weighted by molar-refractivity contribution is -0.131. The van der Waals surface area contributed by atoms with Gasteiger partial charge in [-0.05, 0) is 7.05 Å². The number of carbonyl (C=O) groups is 2. The van der Waals surface area contributed by atoms with E-state index < -0.39 is 0 Å². The minimum atomic E-state index is -0.185. The fraction of sp³-hybridized carbons (Fsp3) is 0.750. The Balaban J connectivity index is 3.63. The lowest BCUT2D eigenvalue weighted by Gasteiger charge is -2.16. The summed E-state index contributed by atoms with van der Waals surface area (Å²) in [6.45, 7) is 2.87. The molecule has 0 fully saturated rings. The summed E-state index contributed by atoms with van der Waals surface area (Å²) in [5.41, 5.74) is 0. The van der Waals surface area contributed by atoms with E-state index in [1.54, 1.807) is 11.9 Å². The molecule has 76 valence electrons. The van der Waals surface area contributed by atoms with Gasteiger partial charge >= 0.3 is 0 Å². The predicted octanol–water partition coefficient (Wildman–Crippen LogP) is -1.20. The monoisotopic (exact) mass is 187 g/mol. The SMILES string of the molecule is CNCCN(C)C(=O)CNC(C)=O. The van der Waals surface area contributed by atoms with E-state index in [4.69, 9.17) is 0 Å². The fourth-order valence-corrected chi connectivity index (χ4v) is 0.739. The van der Waals surface area contributed by atoms with Crippen LogP contribution in [-0.2, 0) is 9.59 Å². The van der Waals surface area contributed by atoms with E-state index in [0.717, 1.165) is 6.54 Å². The lowest BCUT2D eigenvalue weighted by atomic mass is 10.4. The molecule has 2 amide bonds. The lowest BCUT2D eigenvalue weighted by Crippen LogP contribution is -2.39. The van der Waals surface area contributed by atoms with Crippen molar-refractivity contribution in [1.29, 1.82) is 0 Å². The van der Waals surface area contributed by atoms with Crippen LogP contribution in [0.1, 0.15) is 6.92 Å². The van der Waals surface area contributed by atoms with Gasteiger partial charge in [-0.25, -0.2) is 0 Å². The van der Waals surface area contributed by atoms with E-state index in [9.17, 15) is 9.59 Å². The molecule has 0 aromatic rings. The molecule has 0 aliphatic rings. The quantitative estimate of drug-likeness (QED) is 0.568. The van der Waals surface area contributed by atoms with Crippen LogP contribution in [0.15, 0.2) is 0 Å². The molecule has 0 saturated heterocycles. The number of nitrogens with zero attached hydrogens (tertiary/aromatic N) is 1. The molecule has 0 saturated carbocycles. The average molecular weight is 187 g/mol. The molecule has 0 unspecified atom stereocenters. The highest BCUT2D eigenvalue weighted by atomic mass is 16.2. The van der Waals surface area contributed by atoms with Crippen molar-refractivity contribution in [1.82, 2.24) is 15.5 Å². The highest BCUT2D eigenvalue weighted by Crippen LogP contribution is 1.81. The van der Waals surface area contributed by atoms with E-state index >= 15 is 0 Å². The summed E-state index contributed by atoms with van der Waals surface area (Å²) in [6.07, 6.45) is 0. The second-order valence-corrected chi connectivity index (χ2v) is 2.83. The van der Waals surface area contributed by atoms with Gasteiger partial charge < -0.3 is 15.5 Å². The maximum atomic E-state index is 11.2. The van der Waals surface area contributed by atoms with Crippen molar-refractivity contribution < 1.29 is 9.59 Å². The van der Waals surface area contributed by atoms with Crippen LogP contribution in [0.5, 0.6) is 0 Å². The predicted molar refractivity (Wildman–Crippen MR) is 50.2 cm³/mol. The van der Waals surface area contributed by atoms with Crippen molar-refractivity contribution in [2.24, 2.45) is 0 Å². The van der Waals surface area contributed by atoms with Crippen LogP contribution in [-0.4, -0.2) is 50.4 Å². The molecule has 0 rings (SSSR count). The normalized spacial score (nSPS) is 9.46. The van der Waals surface area contributed by atoms with Crippen molar-refractivity contribution in [3.8, 4) is 0 Å². The summed E-state index contributed by atoms with van der Waals surface area (Å²) >= 11 is 0. The average Bonchev–Trinajstić information content (AvgIpc) is 2.10. The molecular weight excluding hydrogens is 170 g/mol. The third-order valence-corrected chi connectivity index (χ3v) is 1.61. The zero-order chi connectivity index (χ0) is 10.3. The summed E-state index contributed by atoms with van der Waals surface area (Å²) in [5, 5.41) is 5.39. The number of hydrogen-bond acceptors (Lipinski definition) is 3. The molecule has 0 radical (unpaired) electrons. The molecule has 5 heteroatoms. The van der Waals surface area contributed by atoms with Gasteiger partial charge in [0.1, 0.15) is 0 Å². The smallest absolute Gasteiger partial charge is 0.241 e. The molecule has 0 atom stereocenters. The van der Waals surface area contributed by atoms with Gasteiger partial charge in [0.05, 0.1) is 6.54 Å². The van der Waals surface area contributed by atoms with Crippen LogP contribution in [0.3, 0.4) is 0 Å². The first-order valence-electron chi connectivity index (χ1n) is 4.21. The van der Waals surface area contributed by atoms with E-state index in [1.165, 1.54) is 6.92 Å². The number of amides is 2. The van der Waals surface area contributed by atoms with Crippen LogP contribution in [0.4, 0.5) is 0 Å². The summed E-state index contributed by atoms with van der Waals surface area (Å²) in [5.74, 6) is -0.263. The number of rotatable bonds is 5. The second-order valence-electron chi connectivity index (χ2n) is 2.83. The summed E-state index contributed by atoms with van der Waals surface area (Å²) in [4.78, 5) is 23.3. The van der Waals surface area contributed by atoms with E-state index in [2.05, 4.69) is 10.6 Å². The third-order valence-electron chi connectivity index (χ3n) is 1.61. The molecule has 0 aliphatic heterocycles. The molecule has 5 nitrogen and oxygen atoms in total. The summed E-state index contributed by atoms with van der Waals surface area (Å²) in [6, 6.07) is 0. The summed E-state index contributed by atoms with van der Waals surface area (Å²) in [7, 11) is 3.54. The molecule has 0 bridgehead atoms. The zero-order valence-corrected chi connectivity index (χ0v) is 8.39. The molecule has 0 aromatic carbocycles. The zero-order valence-electron chi connectivity index (χ0n) is 8.39. The Morgan fingerprint density at radius 1 is 1.38 bits per heavy atom. The largest absolute Gasteiger partial charge is 0.347 e. The highest BCUT2D eigenvalue weighted by Gasteiger charge is 2.07. The molecular formula is C8H17N3O2. The van der Waals surface area contributed by atoms with E-state index in [1.807, 2.05) is 7.05 Å². The molecule has 0 aromatic heterocycles. The van der Waals surface area contributed by atoms with Gasteiger partial charge in [-0.2, -0.15) is 0 Å². The number of hydrogen-bond donors (Lipinski definition) is 2. The minimum Gasteiger partial charge on any atom is -0.347 e. The molecule has 0 aliphatic carbocycles. The van der Waals surface area contributed by atoms with Crippen molar-refractivity contribution in [2.75, 3.05) is 33.7 Å². The van der Waals surface area contributed by atoms with Crippen LogP contribution < -0.4 is 10.6 Å². The Kier molecular flexibility index (Phi) is 5.88. The molecule has 2 N–H and O–H groups in total. The van der Waals surface area contributed by atoms with Crippen molar-refractivity contribution in [2.45, 2.75) is 6.92 Å². The number of likely N-dealkylation sites (N-methyl/N-ethyl adjacent to an activating group) is 2. The fourth-order valence-electron chi connectivity index (χ4n) is 0.739. The number of carbonyl (C=O) groups excluding carboxylic acids is 2. The van der Waals surface area contributed by atoms with Crippen LogP contribution >= 0.6 is 0 Å². The first kappa shape index (κ1) is 11.9. The van der Waals surface area contributed by atoms with Crippen LogP contribution in [0, 0.1) is 0 Å². The molecule has 0 heterocycles. The Labute approximate surface area is 78.5 Å². The van der Waals surface area contributed by atoms with E-state index in [0.29, 0.717) is 6.54 Å². The van der Waals surface area contributed by atoms with Gasteiger partial charge in [-0.15, -0.1) is 0 Å². The minimum absolute atomic E-state index is 0.0783. The van der Waals surface area contributed by atoms with Gasteiger partial charge in [0.2, 0.25) is 11.8 Å². The van der Waals surface area contributed by atoms with Gasteiger partial charge in [-0.1, -0.05) is 0 Å². The second kappa shape index (κ2) is 6.42. The maximum Gasteiger partial charge on any atom is 0.241 e. The Morgan fingerprint density at radius 3 is 2.46 bits per heavy atom. The van der Waals surface area contributed by atoms with Gasteiger partial charge in [0.25, 0.3) is 0 Å². The first-order valence-corrected chi connectivity index (χ1v) is 4.21. The summed E-state index contributed by atoms with van der Waals surface area (Å²) < 4.78 is 0. The van der Waals surface area contributed by atoms with E-state index in [-0.39, 0.29) is 18.4 Å². The molecule has 13 heavy (non-hydrogen) atoms. The Morgan fingerprint density at radius 2 is 2.00 bits per heavy atom. The van der Waals surface area contributed by atoms with Gasteiger partial charge in [-0.3, -0.25) is 9.59 Å². The van der Waals surface area contributed by atoms with Crippen LogP contribution in [0.2, 0.25) is 0 Å². The number of nitrogens with one attached hydrogen (secondary N) is 2. The standard InChI is InChI=1S/C8H17N3O2/c1-7(12)10-6-8(13)11(3)5-4-9-2/h9H,4-6H2,1-3H3,(H,10,12). The van der Waals surface area contributed by atoms with Crippen LogP contribution in [0.25, 0.3) is 0 Å². The Hall–Kier alpha value is -1.10. The first-order chi connectivity index (χ1) is 6.07. The highest BCUT2D eigenvalue weighted by molar-refractivity contribution is 5.83. The van der Waals surface area contributed by atoms with Gasteiger partial charge in [0.15, 0.2) is 0 Å². The molecule has 0 spiro atoms. The Bertz CT molecular complexity index is 182. The maximum absolute atomic E-state index is 11.2. The van der Waals surface area contributed by atoms with Crippen molar-refractivity contribution >= 4 is 11.8 Å². The van der Waals surface area contributed by atoms with Crippen molar-refractivity contribution in [3.05, 3.63) is 0 Å². The third kappa shape index (κ3) is 6.10.